The van der Waals surface area contributed by atoms with Gasteiger partial charge in [0.1, 0.15) is 12.1 Å². The third-order valence-corrected chi connectivity index (χ3v) is 7.29. The van der Waals surface area contributed by atoms with E-state index >= 15 is 0 Å². The van der Waals surface area contributed by atoms with E-state index in [2.05, 4.69) is 5.32 Å². The highest BCUT2D eigenvalue weighted by Gasteiger charge is 2.48. The lowest BCUT2D eigenvalue weighted by molar-refractivity contribution is -0.151. The smallest absolute Gasteiger partial charge is 0.246 e. The molecule has 2 heterocycles. The number of rotatable bonds is 4. The first kappa shape index (κ1) is 15.5. The zero-order chi connectivity index (χ0) is 15.0. The first-order chi connectivity index (χ1) is 10.1. The van der Waals surface area contributed by atoms with Crippen LogP contribution in [0.3, 0.4) is 0 Å². The first-order valence-corrected chi connectivity index (χ1v) is 10.1. The SMILES string of the molecule is CC(C)C1C(=O)NC(C2CC2)C(=O)N1CC1CSCCS1. The molecule has 1 aliphatic carbocycles. The predicted octanol–water partition coefficient (Wildman–Crippen LogP) is 1.60. The van der Waals surface area contributed by atoms with Gasteiger partial charge in [-0.05, 0) is 24.7 Å². The molecule has 1 saturated carbocycles. The molecular weight excluding hydrogens is 304 g/mol. The summed E-state index contributed by atoms with van der Waals surface area (Å²) in [5, 5.41) is 3.46. The second-order valence-electron chi connectivity index (χ2n) is 6.57. The van der Waals surface area contributed by atoms with Gasteiger partial charge in [0.2, 0.25) is 11.8 Å². The number of carbonyl (C=O) groups excluding carboxylic acids is 2. The van der Waals surface area contributed by atoms with Gasteiger partial charge in [0.15, 0.2) is 0 Å². The molecule has 3 rings (SSSR count). The second kappa shape index (κ2) is 6.41. The summed E-state index contributed by atoms with van der Waals surface area (Å²) in [6, 6.07) is -0.547. The minimum absolute atomic E-state index is 0.0509. The highest BCUT2D eigenvalue weighted by molar-refractivity contribution is 8.06. The fourth-order valence-corrected chi connectivity index (χ4v) is 5.90. The maximum absolute atomic E-state index is 12.8. The van der Waals surface area contributed by atoms with E-state index in [9.17, 15) is 9.59 Å². The summed E-state index contributed by atoms with van der Waals surface area (Å²) >= 11 is 3.92. The Morgan fingerprint density at radius 1 is 1.29 bits per heavy atom. The molecule has 2 saturated heterocycles. The number of nitrogens with one attached hydrogen (secondary N) is 1. The van der Waals surface area contributed by atoms with Crippen molar-refractivity contribution in [1.82, 2.24) is 10.2 Å². The second-order valence-corrected chi connectivity index (χ2v) is 9.13. The number of piperazine rings is 1. The van der Waals surface area contributed by atoms with Gasteiger partial charge in [-0.1, -0.05) is 13.8 Å². The summed E-state index contributed by atoms with van der Waals surface area (Å²) in [4.78, 5) is 27.2. The molecule has 0 bridgehead atoms. The molecule has 0 aromatic carbocycles. The molecule has 118 valence electrons. The van der Waals surface area contributed by atoms with Crippen LogP contribution in [0.4, 0.5) is 0 Å². The van der Waals surface area contributed by atoms with Gasteiger partial charge in [0, 0.05) is 29.1 Å². The zero-order valence-corrected chi connectivity index (χ0v) is 14.3. The van der Waals surface area contributed by atoms with Crippen LogP contribution in [0.2, 0.25) is 0 Å². The average Bonchev–Trinajstić information content (AvgIpc) is 3.27. The molecule has 0 aromatic rings. The van der Waals surface area contributed by atoms with Crippen LogP contribution in [0.15, 0.2) is 0 Å². The van der Waals surface area contributed by atoms with Gasteiger partial charge >= 0.3 is 0 Å². The summed E-state index contributed by atoms with van der Waals surface area (Å²) in [5.74, 6) is 4.20. The highest BCUT2D eigenvalue weighted by Crippen LogP contribution is 2.36. The lowest BCUT2D eigenvalue weighted by atomic mass is 9.95. The van der Waals surface area contributed by atoms with E-state index in [-0.39, 0.29) is 29.8 Å². The molecule has 3 unspecified atom stereocenters. The summed E-state index contributed by atoms with van der Waals surface area (Å²) in [7, 11) is 0. The number of nitrogens with zero attached hydrogens (tertiary/aromatic N) is 1. The number of hydrogen-bond donors (Lipinski definition) is 1. The van der Waals surface area contributed by atoms with Crippen LogP contribution in [0, 0.1) is 11.8 Å². The molecular formula is C15H24N2O2S2. The van der Waals surface area contributed by atoms with Crippen molar-refractivity contribution < 1.29 is 9.59 Å². The van der Waals surface area contributed by atoms with Crippen LogP contribution in [0.25, 0.3) is 0 Å². The zero-order valence-electron chi connectivity index (χ0n) is 12.7. The number of thioether (sulfide) groups is 2. The van der Waals surface area contributed by atoms with Gasteiger partial charge in [-0.25, -0.2) is 0 Å². The molecule has 1 N–H and O–H groups in total. The van der Waals surface area contributed by atoms with Crippen molar-refractivity contribution in [2.75, 3.05) is 23.8 Å². The molecule has 0 aromatic heterocycles. The first-order valence-electron chi connectivity index (χ1n) is 7.88. The fraction of sp³-hybridized carbons (Fsp3) is 0.867. The Kier molecular flexibility index (Phi) is 4.74. The van der Waals surface area contributed by atoms with Crippen LogP contribution in [0.5, 0.6) is 0 Å². The maximum atomic E-state index is 12.8. The average molecular weight is 329 g/mol. The van der Waals surface area contributed by atoms with Gasteiger partial charge in [-0.3, -0.25) is 9.59 Å². The van der Waals surface area contributed by atoms with Crippen LogP contribution >= 0.6 is 23.5 Å². The largest absolute Gasteiger partial charge is 0.342 e. The third-order valence-electron chi connectivity index (χ3n) is 4.46. The van der Waals surface area contributed by atoms with Crippen LogP contribution in [-0.4, -0.2) is 57.9 Å². The lowest BCUT2D eigenvalue weighted by Gasteiger charge is -2.42. The summed E-state index contributed by atoms with van der Waals surface area (Å²) in [6.07, 6.45) is 2.15. The molecule has 6 heteroatoms. The molecule has 4 nitrogen and oxygen atoms in total. The lowest BCUT2D eigenvalue weighted by Crippen LogP contribution is -2.66. The van der Waals surface area contributed by atoms with Crippen LogP contribution < -0.4 is 5.32 Å². The Morgan fingerprint density at radius 3 is 2.62 bits per heavy atom. The Bertz CT molecular complexity index is 420. The van der Waals surface area contributed by atoms with E-state index in [1.54, 1.807) is 0 Å². The summed E-state index contributed by atoms with van der Waals surface area (Å²) in [5.41, 5.74) is 0. The van der Waals surface area contributed by atoms with Gasteiger partial charge in [0.25, 0.3) is 0 Å². The van der Waals surface area contributed by atoms with E-state index in [0.29, 0.717) is 11.2 Å². The summed E-state index contributed by atoms with van der Waals surface area (Å²) in [6.45, 7) is 4.80. The van der Waals surface area contributed by atoms with Crippen molar-refractivity contribution >= 4 is 35.3 Å². The van der Waals surface area contributed by atoms with Crippen molar-refractivity contribution in [2.45, 2.75) is 44.0 Å². The van der Waals surface area contributed by atoms with Crippen molar-refractivity contribution in [3.05, 3.63) is 0 Å². The van der Waals surface area contributed by atoms with E-state index in [1.165, 1.54) is 5.75 Å². The van der Waals surface area contributed by atoms with Gasteiger partial charge < -0.3 is 10.2 Å². The Hall–Kier alpha value is -0.360. The van der Waals surface area contributed by atoms with Gasteiger partial charge in [-0.15, -0.1) is 0 Å². The van der Waals surface area contributed by atoms with Crippen molar-refractivity contribution in [3.63, 3.8) is 0 Å². The monoisotopic (exact) mass is 328 g/mol. The molecule has 3 fully saturated rings. The topological polar surface area (TPSA) is 49.4 Å². The highest BCUT2D eigenvalue weighted by atomic mass is 32.2. The standard InChI is InChI=1S/C15H24N2O2S2/c1-9(2)13-14(18)16-12(10-3-4-10)15(19)17(13)7-11-8-20-5-6-21-11/h9-13H,3-8H2,1-2H3,(H,16,18). The predicted molar refractivity (Wildman–Crippen MR) is 88.6 cm³/mol. The summed E-state index contributed by atoms with van der Waals surface area (Å²) < 4.78 is 0. The van der Waals surface area contributed by atoms with E-state index in [0.717, 1.165) is 30.9 Å². The van der Waals surface area contributed by atoms with E-state index in [4.69, 9.17) is 0 Å². The Morgan fingerprint density at radius 2 is 2.05 bits per heavy atom. The minimum Gasteiger partial charge on any atom is -0.342 e. The normalized spacial score (nSPS) is 34.2. The fourth-order valence-electron chi connectivity index (χ4n) is 3.23. The van der Waals surface area contributed by atoms with E-state index in [1.807, 2.05) is 42.3 Å². The molecule has 2 amide bonds. The maximum Gasteiger partial charge on any atom is 0.246 e. The van der Waals surface area contributed by atoms with Gasteiger partial charge in [-0.2, -0.15) is 23.5 Å². The van der Waals surface area contributed by atoms with Crippen molar-refractivity contribution in [3.8, 4) is 0 Å². The van der Waals surface area contributed by atoms with E-state index < -0.39 is 0 Å². The van der Waals surface area contributed by atoms with Crippen LogP contribution in [0.1, 0.15) is 26.7 Å². The van der Waals surface area contributed by atoms with Crippen molar-refractivity contribution in [1.29, 1.82) is 0 Å². The molecule has 3 atom stereocenters. The number of carbonyl (C=O) groups is 2. The molecule has 3 aliphatic rings. The molecule has 0 radical (unpaired) electrons. The van der Waals surface area contributed by atoms with Crippen LogP contribution in [-0.2, 0) is 9.59 Å². The Balaban J connectivity index is 1.75. The third kappa shape index (κ3) is 3.36. The minimum atomic E-state index is -0.292. The quantitative estimate of drug-likeness (QED) is 0.851. The molecule has 0 spiro atoms. The Labute approximate surface area is 135 Å². The van der Waals surface area contributed by atoms with Gasteiger partial charge in [0.05, 0.1) is 0 Å². The number of amides is 2. The molecule has 21 heavy (non-hydrogen) atoms. The number of hydrogen-bond acceptors (Lipinski definition) is 4. The molecule has 2 aliphatic heterocycles. The van der Waals surface area contributed by atoms with Crippen molar-refractivity contribution in [2.24, 2.45) is 11.8 Å².